The van der Waals surface area contributed by atoms with Gasteiger partial charge in [0.15, 0.2) is 5.69 Å². The third-order valence-corrected chi connectivity index (χ3v) is 3.84. The summed E-state index contributed by atoms with van der Waals surface area (Å²) in [6.45, 7) is 3.37. The van der Waals surface area contributed by atoms with Gasteiger partial charge in [0.25, 0.3) is 5.91 Å². The number of carbonyl (C=O) groups excluding carboxylic acids is 2. The van der Waals surface area contributed by atoms with Crippen molar-refractivity contribution in [3.8, 4) is 5.69 Å². The van der Waals surface area contributed by atoms with E-state index in [0.29, 0.717) is 5.69 Å². The van der Waals surface area contributed by atoms with Gasteiger partial charge in [0, 0.05) is 18.2 Å². The summed E-state index contributed by atoms with van der Waals surface area (Å²) in [6, 6.07) is 7.96. The average Bonchev–Trinajstić information content (AvgIpc) is 3.07. The Morgan fingerprint density at radius 3 is 2.68 bits per heavy atom. The first kappa shape index (κ1) is 14.3. The largest absolute Gasteiger partial charge is 0.290 e. The predicted octanol–water partition coefficient (Wildman–Crippen LogP) is 1.45. The lowest BCUT2D eigenvalue weighted by Crippen LogP contribution is -2.40. The van der Waals surface area contributed by atoms with E-state index in [9.17, 15) is 9.59 Å². The highest BCUT2D eigenvalue weighted by molar-refractivity contribution is 5.95. The van der Waals surface area contributed by atoms with E-state index < -0.39 is 0 Å². The van der Waals surface area contributed by atoms with Crippen LogP contribution < -0.4 is 10.9 Å². The van der Waals surface area contributed by atoms with Crippen LogP contribution in [-0.4, -0.2) is 21.6 Å². The Hall–Kier alpha value is -2.63. The normalized spacial score (nSPS) is 12.8. The Balaban J connectivity index is 2.01. The maximum Gasteiger partial charge on any atom is 0.290 e. The number of aryl methyl sites for hydroxylation is 1. The molecule has 2 aromatic rings. The quantitative estimate of drug-likeness (QED) is 0.824. The summed E-state index contributed by atoms with van der Waals surface area (Å²) in [5.41, 5.74) is 9.25. The predicted molar refractivity (Wildman–Crippen MR) is 81.6 cm³/mol. The van der Waals surface area contributed by atoms with Crippen molar-refractivity contribution >= 4 is 11.8 Å². The molecule has 1 heterocycles. The second-order valence-electron chi connectivity index (χ2n) is 5.46. The van der Waals surface area contributed by atoms with Crippen molar-refractivity contribution in [2.75, 3.05) is 0 Å². The van der Waals surface area contributed by atoms with Crippen molar-refractivity contribution in [2.45, 2.75) is 33.1 Å². The SMILES string of the molecule is CC(=O)NNC(=O)c1nn(-c2ccccc2C)c2c1CCC2. The summed E-state index contributed by atoms with van der Waals surface area (Å²) < 4.78 is 1.86. The number of carbonyl (C=O) groups is 2. The number of fused-ring (bicyclic) bond motifs is 1. The molecule has 0 fully saturated rings. The van der Waals surface area contributed by atoms with Crippen molar-refractivity contribution in [1.29, 1.82) is 0 Å². The number of para-hydroxylation sites is 1. The fourth-order valence-corrected chi connectivity index (χ4v) is 2.82. The van der Waals surface area contributed by atoms with Gasteiger partial charge in [0.05, 0.1) is 5.69 Å². The maximum absolute atomic E-state index is 12.2. The molecule has 6 nitrogen and oxygen atoms in total. The van der Waals surface area contributed by atoms with E-state index in [0.717, 1.165) is 41.8 Å². The number of hydrogen-bond acceptors (Lipinski definition) is 3. The van der Waals surface area contributed by atoms with Crippen LogP contribution in [0.4, 0.5) is 0 Å². The van der Waals surface area contributed by atoms with Crippen LogP contribution in [-0.2, 0) is 17.6 Å². The van der Waals surface area contributed by atoms with E-state index in [1.165, 1.54) is 6.92 Å². The van der Waals surface area contributed by atoms with Gasteiger partial charge in [-0.1, -0.05) is 18.2 Å². The van der Waals surface area contributed by atoms with Crippen LogP contribution in [0.25, 0.3) is 5.69 Å². The molecule has 1 aliphatic carbocycles. The summed E-state index contributed by atoms with van der Waals surface area (Å²) in [7, 11) is 0. The molecule has 1 aliphatic rings. The fourth-order valence-electron chi connectivity index (χ4n) is 2.82. The van der Waals surface area contributed by atoms with Gasteiger partial charge in [-0.25, -0.2) is 4.68 Å². The van der Waals surface area contributed by atoms with E-state index in [2.05, 4.69) is 16.0 Å². The number of nitrogens with one attached hydrogen (secondary N) is 2. The molecule has 2 amide bonds. The van der Waals surface area contributed by atoms with Gasteiger partial charge in [0.2, 0.25) is 5.91 Å². The summed E-state index contributed by atoms with van der Waals surface area (Å²) in [6.07, 6.45) is 2.76. The van der Waals surface area contributed by atoms with Crippen LogP contribution in [0.5, 0.6) is 0 Å². The lowest BCUT2D eigenvalue weighted by Gasteiger charge is -2.08. The molecule has 3 rings (SSSR count). The second-order valence-corrected chi connectivity index (χ2v) is 5.46. The molecule has 1 aromatic carbocycles. The highest BCUT2D eigenvalue weighted by Crippen LogP contribution is 2.28. The molecule has 6 heteroatoms. The smallest absolute Gasteiger partial charge is 0.274 e. The highest BCUT2D eigenvalue weighted by Gasteiger charge is 2.27. The van der Waals surface area contributed by atoms with Crippen molar-refractivity contribution in [3.05, 3.63) is 46.8 Å². The van der Waals surface area contributed by atoms with E-state index in [1.807, 2.05) is 35.9 Å². The van der Waals surface area contributed by atoms with Gasteiger partial charge >= 0.3 is 0 Å². The van der Waals surface area contributed by atoms with Crippen LogP contribution >= 0.6 is 0 Å². The number of benzene rings is 1. The minimum Gasteiger partial charge on any atom is -0.274 e. The van der Waals surface area contributed by atoms with Gasteiger partial charge in [-0.2, -0.15) is 5.10 Å². The van der Waals surface area contributed by atoms with Gasteiger partial charge in [0.1, 0.15) is 0 Å². The lowest BCUT2D eigenvalue weighted by atomic mass is 10.2. The highest BCUT2D eigenvalue weighted by atomic mass is 16.2. The van der Waals surface area contributed by atoms with Crippen LogP contribution in [0.3, 0.4) is 0 Å². The first-order valence-corrected chi connectivity index (χ1v) is 7.31. The standard InChI is InChI=1S/C16H18N4O2/c1-10-6-3-4-8-13(10)20-14-9-5-7-12(14)15(19-20)16(22)18-17-11(2)21/h3-4,6,8H,5,7,9H2,1-2H3,(H,17,21)(H,18,22). The third-order valence-electron chi connectivity index (χ3n) is 3.84. The molecular weight excluding hydrogens is 280 g/mol. The molecule has 0 radical (unpaired) electrons. The first-order chi connectivity index (χ1) is 10.6. The molecule has 1 aromatic heterocycles. The molecule has 0 aliphatic heterocycles. The molecule has 0 atom stereocenters. The molecule has 0 saturated heterocycles. The van der Waals surface area contributed by atoms with Gasteiger partial charge < -0.3 is 0 Å². The summed E-state index contributed by atoms with van der Waals surface area (Å²) >= 11 is 0. The van der Waals surface area contributed by atoms with Crippen molar-refractivity contribution in [2.24, 2.45) is 0 Å². The summed E-state index contributed by atoms with van der Waals surface area (Å²) in [5, 5.41) is 4.49. The number of hydrogen-bond donors (Lipinski definition) is 2. The average molecular weight is 298 g/mol. The topological polar surface area (TPSA) is 76.0 Å². The molecule has 22 heavy (non-hydrogen) atoms. The van der Waals surface area contributed by atoms with Crippen molar-refractivity contribution in [3.63, 3.8) is 0 Å². The Labute approximate surface area is 128 Å². The summed E-state index contributed by atoms with van der Waals surface area (Å²) in [4.78, 5) is 23.2. The number of hydrazine groups is 1. The molecular formula is C16H18N4O2. The molecule has 0 spiro atoms. The Morgan fingerprint density at radius 1 is 1.18 bits per heavy atom. The van der Waals surface area contributed by atoms with Gasteiger partial charge in [-0.3, -0.25) is 20.4 Å². The van der Waals surface area contributed by atoms with Crippen molar-refractivity contribution in [1.82, 2.24) is 20.6 Å². The van der Waals surface area contributed by atoms with Crippen LogP contribution in [0, 0.1) is 6.92 Å². The van der Waals surface area contributed by atoms with E-state index in [4.69, 9.17) is 0 Å². The van der Waals surface area contributed by atoms with Gasteiger partial charge in [-0.05, 0) is 37.8 Å². The zero-order valence-electron chi connectivity index (χ0n) is 12.6. The lowest BCUT2D eigenvalue weighted by molar-refractivity contribution is -0.119. The zero-order chi connectivity index (χ0) is 15.7. The second kappa shape index (κ2) is 5.63. The van der Waals surface area contributed by atoms with Gasteiger partial charge in [-0.15, -0.1) is 0 Å². The molecule has 114 valence electrons. The zero-order valence-corrected chi connectivity index (χ0v) is 12.6. The third kappa shape index (κ3) is 2.47. The first-order valence-electron chi connectivity index (χ1n) is 7.31. The van der Waals surface area contributed by atoms with Crippen LogP contribution in [0.15, 0.2) is 24.3 Å². The van der Waals surface area contributed by atoms with E-state index in [1.54, 1.807) is 0 Å². The molecule has 0 unspecified atom stereocenters. The number of amides is 2. The number of nitrogens with zero attached hydrogens (tertiary/aromatic N) is 2. The molecule has 0 bridgehead atoms. The molecule has 0 saturated carbocycles. The number of rotatable bonds is 2. The minimum atomic E-state index is -0.374. The fraction of sp³-hybridized carbons (Fsp3) is 0.312. The Bertz CT molecular complexity index is 749. The van der Waals surface area contributed by atoms with E-state index in [-0.39, 0.29) is 11.8 Å². The Morgan fingerprint density at radius 2 is 1.95 bits per heavy atom. The number of aromatic nitrogens is 2. The van der Waals surface area contributed by atoms with Crippen LogP contribution in [0.2, 0.25) is 0 Å². The van der Waals surface area contributed by atoms with Crippen molar-refractivity contribution < 1.29 is 9.59 Å². The maximum atomic E-state index is 12.2. The minimum absolute atomic E-state index is 0.316. The van der Waals surface area contributed by atoms with E-state index >= 15 is 0 Å². The Kier molecular flexibility index (Phi) is 3.66. The van der Waals surface area contributed by atoms with Crippen LogP contribution in [0.1, 0.15) is 40.7 Å². The monoisotopic (exact) mass is 298 g/mol. The summed E-state index contributed by atoms with van der Waals surface area (Å²) in [5.74, 6) is -0.691. The molecule has 2 N–H and O–H groups in total.